The third-order valence-corrected chi connectivity index (χ3v) is 6.60. The van der Waals surface area contributed by atoms with Crippen LogP contribution in [0.25, 0.3) is 11.1 Å². The molecule has 178 valence electrons. The highest BCUT2D eigenvalue weighted by Gasteiger charge is 2.28. The minimum Gasteiger partial charge on any atom is -0.494 e. The molecule has 1 aliphatic carbocycles. The summed E-state index contributed by atoms with van der Waals surface area (Å²) in [5.74, 6) is 0.207. The number of ether oxygens (including phenoxy) is 2. The van der Waals surface area contributed by atoms with E-state index in [0.29, 0.717) is 25.6 Å². The van der Waals surface area contributed by atoms with Crippen molar-refractivity contribution in [1.82, 2.24) is 0 Å². The smallest absolute Gasteiger partial charge is 0.333 e. The first-order valence-electron chi connectivity index (χ1n) is 12.4. The van der Waals surface area contributed by atoms with Gasteiger partial charge in [0, 0.05) is 18.9 Å². The van der Waals surface area contributed by atoms with E-state index in [9.17, 15) is 9.90 Å². The Morgan fingerprint density at radius 3 is 2.41 bits per heavy atom. The van der Waals surface area contributed by atoms with E-state index in [1.54, 1.807) is 6.92 Å². The Morgan fingerprint density at radius 2 is 1.68 bits per heavy atom. The summed E-state index contributed by atoms with van der Waals surface area (Å²) in [7, 11) is 0. The van der Waals surface area contributed by atoms with Crippen LogP contribution in [-0.2, 0) is 22.4 Å². The Balaban J connectivity index is 1.40. The van der Waals surface area contributed by atoms with Crippen LogP contribution in [0, 0.1) is 0 Å². The van der Waals surface area contributed by atoms with Crippen molar-refractivity contribution in [3.63, 3.8) is 0 Å². The number of carboxylic acids is 1. The lowest BCUT2D eigenvalue weighted by Gasteiger charge is -2.15. The average molecular weight is 459 g/mol. The molecule has 0 bridgehead atoms. The Bertz CT molecular complexity index is 1100. The van der Waals surface area contributed by atoms with Gasteiger partial charge in [-0.3, -0.25) is 0 Å². The normalized spacial score (nSPS) is 14.9. The van der Waals surface area contributed by atoms with Crippen molar-refractivity contribution < 1.29 is 19.4 Å². The maximum absolute atomic E-state index is 11.3. The van der Waals surface area contributed by atoms with Crippen LogP contribution in [0.4, 0.5) is 0 Å². The van der Waals surface area contributed by atoms with E-state index in [2.05, 4.69) is 49.4 Å². The van der Waals surface area contributed by atoms with Crippen LogP contribution in [0.2, 0.25) is 0 Å². The molecule has 0 saturated carbocycles. The molecule has 34 heavy (non-hydrogen) atoms. The first-order valence-corrected chi connectivity index (χ1v) is 12.4. The number of rotatable bonds is 12. The van der Waals surface area contributed by atoms with Crippen LogP contribution in [0.5, 0.6) is 5.75 Å². The maximum Gasteiger partial charge on any atom is 0.333 e. The van der Waals surface area contributed by atoms with Crippen molar-refractivity contribution in [3.05, 3.63) is 89.0 Å². The Labute approximate surface area is 202 Å². The van der Waals surface area contributed by atoms with E-state index >= 15 is 0 Å². The molecule has 0 spiro atoms. The SMILES string of the molecule is CCCCc1ccc2c(c1)-c1ccccc1C2CCOc1ccc(CC(OCC)C(=O)O)cc1. The number of unbranched alkanes of at least 4 members (excludes halogenated alkanes) is 1. The molecule has 0 aromatic heterocycles. The lowest BCUT2D eigenvalue weighted by atomic mass is 9.93. The summed E-state index contributed by atoms with van der Waals surface area (Å²) in [6.45, 7) is 5.04. The minimum absolute atomic E-state index is 0.341. The number of aryl methyl sites for hydroxylation is 1. The summed E-state index contributed by atoms with van der Waals surface area (Å²) < 4.78 is 11.4. The molecule has 0 radical (unpaired) electrons. The van der Waals surface area contributed by atoms with Crippen molar-refractivity contribution in [2.45, 2.75) is 58.0 Å². The molecule has 3 aromatic rings. The van der Waals surface area contributed by atoms with Gasteiger partial charge < -0.3 is 14.6 Å². The number of fused-ring (bicyclic) bond motifs is 3. The van der Waals surface area contributed by atoms with Gasteiger partial charge in [-0.15, -0.1) is 0 Å². The fourth-order valence-corrected chi connectivity index (χ4v) is 4.85. The fourth-order valence-electron chi connectivity index (χ4n) is 4.85. The van der Waals surface area contributed by atoms with Crippen molar-refractivity contribution in [2.24, 2.45) is 0 Å². The number of hydrogen-bond donors (Lipinski definition) is 1. The quantitative estimate of drug-likeness (QED) is 0.330. The van der Waals surface area contributed by atoms with Crippen molar-refractivity contribution in [1.29, 1.82) is 0 Å². The van der Waals surface area contributed by atoms with Gasteiger partial charge in [0.15, 0.2) is 6.10 Å². The molecule has 3 aromatic carbocycles. The third kappa shape index (κ3) is 5.51. The zero-order valence-electron chi connectivity index (χ0n) is 20.1. The van der Waals surface area contributed by atoms with Gasteiger partial charge in [0.2, 0.25) is 0 Å². The number of hydrogen-bond acceptors (Lipinski definition) is 3. The molecule has 2 atom stereocenters. The largest absolute Gasteiger partial charge is 0.494 e. The predicted molar refractivity (Wildman–Crippen MR) is 136 cm³/mol. The zero-order valence-corrected chi connectivity index (χ0v) is 20.1. The van der Waals surface area contributed by atoms with E-state index in [1.807, 2.05) is 24.3 Å². The van der Waals surface area contributed by atoms with E-state index in [-0.39, 0.29) is 0 Å². The van der Waals surface area contributed by atoms with Crippen LogP contribution >= 0.6 is 0 Å². The molecule has 4 rings (SSSR count). The lowest BCUT2D eigenvalue weighted by molar-refractivity contribution is -0.149. The minimum atomic E-state index is -0.934. The molecule has 0 heterocycles. The molecule has 0 amide bonds. The first-order chi connectivity index (χ1) is 16.6. The predicted octanol–water partition coefficient (Wildman–Crippen LogP) is 6.64. The Morgan fingerprint density at radius 1 is 0.941 bits per heavy atom. The highest BCUT2D eigenvalue weighted by Crippen LogP contribution is 2.46. The van der Waals surface area contributed by atoms with Crippen molar-refractivity contribution >= 4 is 5.97 Å². The molecular formula is C30H34O4. The van der Waals surface area contributed by atoms with Gasteiger partial charge in [-0.25, -0.2) is 4.79 Å². The number of benzene rings is 3. The molecule has 0 aliphatic heterocycles. The van der Waals surface area contributed by atoms with E-state index in [1.165, 1.54) is 40.7 Å². The van der Waals surface area contributed by atoms with Crippen LogP contribution in [0.15, 0.2) is 66.7 Å². The maximum atomic E-state index is 11.3. The lowest BCUT2D eigenvalue weighted by Crippen LogP contribution is -2.26. The summed E-state index contributed by atoms with van der Waals surface area (Å²) in [6.07, 6.45) is 4.00. The topological polar surface area (TPSA) is 55.8 Å². The Kier molecular flexibility index (Phi) is 8.02. The standard InChI is InChI=1S/C30H34O4/c1-3-5-8-21-13-16-26-27(24-9-6-7-10-25(24)28(26)19-21)17-18-34-23-14-11-22(12-15-23)20-29(30(31)32)33-4-2/h6-7,9-16,19,27,29H,3-5,8,17-18,20H2,1-2H3,(H,31,32). The van der Waals surface area contributed by atoms with E-state index in [4.69, 9.17) is 9.47 Å². The zero-order chi connectivity index (χ0) is 23.9. The van der Waals surface area contributed by atoms with Crippen LogP contribution in [0.1, 0.15) is 61.3 Å². The molecule has 0 saturated heterocycles. The van der Waals surface area contributed by atoms with Crippen LogP contribution < -0.4 is 4.74 Å². The second-order valence-electron chi connectivity index (χ2n) is 8.93. The second kappa shape index (κ2) is 11.3. The van der Waals surface area contributed by atoms with Gasteiger partial charge in [0.05, 0.1) is 6.61 Å². The second-order valence-corrected chi connectivity index (χ2v) is 8.93. The van der Waals surface area contributed by atoms with Crippen molar-refractivity contribution in [3.8, 4) is 16.9 Å². The Hall–Kier alpha value is -3.11. The van der Waals surface area contributed by atoms with Gasteiger partial charge >= 0.3 is 5.97 Å². The van der Waals surface area contributed by atoms with Gasteiger partial charge in [0.1, 0.15) is 5.75 Å². The highest BCUT2D eigenvalue weighted by atomic mass is 16.5. The summed E-state index contributed by atoms with van der Waals surface area (Å²) in [6, 6.07) is 23.4. The first kappa shape index (κ1) is 24.0. The van der Waals surface area contributed by atoms with Gasteiger partial charge in [-0.2, -0.15) is 0 Å². The molecule has 2 unspecified atom stereocenters. The number of carboxylic acid groups (broad SMARTS) is 1. The van der Waals surface area contributed by atoms with Crippen LogP contribution in [0.3, 0.4) is 0 Å². The van der Waals surface area contributed by atoms with E-state index in [0.717, 1.165) is 24.2 Å². The summed E-state index contributed by atoms with van der Waals surface area (Å²) in [5.41, 5.74) is 7.86. The summed E-state index contributed by atoms with van der Waals surface area (Å²) >= 11 is 0. The van der Waals surface area contributed by atoms with Crippen molar-refractivity contribution in [2.75, 3.05) is 13.2 Å². The van der Waals surface area contributed by atoms with E-state index < -0.39 is 12.1 Å². The summed E-state index contributed by atoms with van der Waals surface area (Å²) in [4.78, 5) is 11.3. The van der Waals surface area contributed by atoms with Gasteiger partial charge in [-0.1, -0.05) is 67.9 Å². The third-order valence-electron chi connectivity index (χ3n) is 6.60. The number of carbonyl (C=O) groups is 1. The highest BCUT2D eigenvalue weighted by molar-refractivity contribution is 5.79. The molecule has 4 nitrogen and oxygen atoms in total. The molecule has 1 N–H and O–H groups in total. The fraction of sp³-hybridized carbons (Fsp3) is 0.367. The average Bonchev–Trinajstić information content (AvgIpc) is 3.16. The molecule has 4 heteroatoms. The van der Waals surface area contributed by atoms with Gasteiger partial charge in [-0.05, 0) is 71.7 Å². The van der Waals surface area contributed by atoms with Crippen LogP contribution in [-0.4, -0.2) is 30.4 Å². The molecular weight excluding hydrogens is 424 g/mol. The van der Waals surface area contributed by atoms with Gasteiger partial charge in [0.25, 0.3) is 0 Å². The monoisotopic (exact) mass is 458 g/mol. The molecule has 0 fully saturated rings. The molecule has 1 aliphatic rings. The summed E-state index contributed by atoms with van der Waals surface area (Å²) in [5, 5.41) is 9.28. The number of aliphatic carboxylic acids is 1.